The van der Waals surface area contributed by atoms with Crippen LogP contribution in [-0.4, -0.2) is 98.3 Å². The minimum atomic E-state index is -1.56. The van der Waals surface area contributed by atoms with E-state index in [1.807, 2.05) is 0 Å². The lowest BCUT2D eigenvalue weighted by atomic mass is 9.97. The molecule has 15 heteroatoms. The Hall–Kier alpha value is -4.58. The number of aliphatic carboxylic acids is 1. The topological polar surface area (TPSA) is 214 Å². The summed E-state index contributed by atoms with van der Waals surface area (Å²) in [6.45, 7) is 7.11. The molecule has 5 amide bonds. The smallest absolute Gasteiger partial charge is 0.305 e. The molecule has 2 saturated heterocycles. The van der Waals surface area contributed by atoms with Crippen LogP contribution in [-0.2, 0) is 35.2 Å². The fourth-order valence-corrected chi connectivity index (χ4v) is 6.42. The molecule has 0 unspecified atom stereocenters. The normalized spacial score (nSPS) is 24.8. The minimum absolute atomic E-state index is 0.141. The van der Waals surface area contributed by atoms with Crippen molar-refractivity contribution >= 4 is 58.2 Å². The predicted molar refractivity (Wildman–Crippen MR) is 174 cm³/mol. The molecule has 2 aliphatic heterocycles. The summed E-state index contributed by atoms with van der Waals surface area (Å²) in [6.07, 6.45) is 1.54. The van der Waals surface area contributed by atoms with Gasteiger partial charge >= 0.3 is 5.97 Å². The maximum absolute atomic E-state index is 14.0. The quantitative estimate of drug-likeness (QED) is 0.246. The van der Waals surface area contributed by atoms with E-state index in [9.17, 15) is 39.1 Å². The van der Waals surface area contributed by atoms with Gasteiger partial charge in [0.15, 0.2) is 0 Å². The number of aromatic nitrogens is 1. The lowest BCUT2D eigenvalue weighted by Gasteiger charge is -2.35. The second-order valence-electron chi connectivity index (χ2n) is 12.7. The molecule has 2 aliphatic rings. The molecular weight excluding hydrogens is 626 g/mol. The van der Waals surface area contributed by atoms with Crippen molar-refractivity contribution in [3.63, 3.8) is 0 Å². The number of nitrogens with one attached hydrogen (secondary N) is 5. The van der Waals surface area contributed by atoms with E-state index in [4.69, 9.17) is 0 Å². The molecule has 2 fully saturated rings. The summed E-state index contributed by atoms with van der Waals surface area (Å²) in [7, 11) is 0. The Balaban J connectivity index is 1.83. The van der Waals surface area contributed by atoms with Gasteiger partial charge in [-0.25, -0.2) is 0 Å². The number of benzene rings is 1. The molecule has 0 saturated carbocycles. The number of para-hydroxylation sites is 1. The number of H-pyrrole nitrogens is 1. The molecule has 1 aromatic heterocycles. The maximum atomic E-state index is 14.0. The van der Waals surface area contributed by atoms with Crippen LogP contribution in [0.5, 0.6) is 0 Å². The minimum Gasteiger partial charge on any atom is -0.481 e. The molecule has 47 heavy (non-hydrogen) atoms. The molecule has 14 nitrogen and oxygen atoms in total. The molecule has 252 valence electrons. The van der Waals surface area contributed by atoms with E-state index in [2.05, 4.69) is 32.3 Å². The number of aromatic amines is 1. The zero-order valence-corrected chi connectivity index (χ0v) is 27.8. The molecule has 6 N–H and O–H groups in total. The molecule has 0 aliphatic carbocycles. The third kappa shape index (κ3) is 7.70. The SMILES string of the molecule is CSC(C)(C)[C@@H]1NC(=O)[C@@H]2CCCN2C(=O)[C@@H](CC(=O)O)NC(=O)[C@H](Cc2c(C#N)[nH]c3ccccc23)NC(=O)[C@@H](C(C)C)NC1=O. The van der Waals surface area contributed by atoms with E-state index < -0.39 is 82.8 Å². The van der Waals surface area contributed by atoms with E-state index in [-0.39, 0.29) is 25.1 Å². The Kier molecular flexibility index (Phi) is 10.9. The van der Waals surface area contributed by atoms with Gasteiger partial charge in [-0.1, -0.05) is 32.0 Å². The zero-order valence-electron chi connectivity index (χ0n) is 27.0. The predicted octanol–water partition coefficient (Wildman–Crippen LogP) is 0.798. The molecule has 0 bridgehead atoms. The summed E-state index contributed by atoms with van der Waals surface area (Å²) < 4.78 is -0.839. The van der Waals surface area contributed by atoms with Crippen molar-refractivity contribution in [2.75, 3.05) is 12.8 Å². The second-order valence-corrected chi connectivity index (χ2v) is 14.2. The largest absolute Gasteiger partial charge is 0.481 e. The summed E-state index contributed by atoms with van der Waals surface area (Å²) in [4.78, 5) is 85.3. The van der Waals surface area contributed by atoms with Crippen LogP contribution in [0.1, 0.15) is 58.2 Å². The lowest BCUT2D eigenvalue weighted by Crippen LogP contribution is -2.63. The third-order valence-electron chi connectivity index (χ3n) is 8.82. The molecule has 5 atom stereocenters. The number of carbonyl (C=O) groups excluding carboxylic acids is 5. The molecule has 1 aromatic carbocycles. The average molecular weight is 668 g/mol. The van der Waals surface area contributed by atoms with Crippen molar-refractivity contribution in [1.82, 2.24) is 31.2 Å². The van der Waals surface area contributed by atoms with E-state index in [0.717, 1.165) is 0 Å². The molecule has 4 rings (SSSR count). The fourth-order valence-electron chi connectivity index (χ4n) is 6.02. The highest BCUT2D eigenvalue weighted by atomic mass is 32.2. The number of thioether (sulfide) groups is 1. The summed E-state index contributed by atoms with van der Waals surface area (Å²) in [5, 5.41) is 31.0. The Morgan fingerprint density at radius 2 is 1.70 bits per heavy atom. The Bertz CT molecular complexity index is 1610. The highest BCUT2D eigenvalue weighted by Crippen LogP contribution is 2.28. The molecule has 2 aromatic rings. The standard InChI is InChI=1S/C32H41N7O7S/c1-16(2)25-29(44)35-20(13-18-17-9-6-7-10-19(17)34-22(18)15-33)27(42)36-21(14-24(40)41)31(46)39-12-8-11-23(39)28(43)38-26(30(45)37-25)32(3,4)47-5/h6-7,9-10,16,20-21,23,25-26,34H,8,11-14H2,1-5H3,(H,35,44)(H,36,42)(H,37,45)(H,38,43)(H,40,41)/t20-,21+,23-,25+,26+/m0/s1. The van der Waals surface area contributed by atoms with Crippen LogP contribution in [0.4, 0.5) is 0 Å². The molecule has 0 radical (unpaired) electrons. The first-order valence-corrected chi connectivity index (χ1v) is 16.7. The highest BCUT2D eigenvalue weighted by molar-refractivity contribution is 8.00. The first kappa shape index (κ1) is 35.3. The number of nitriles is 1. The van der Waals surface area contributed by atoms with E-state index in [1.54, 1.807) is 58.2 Å². The number of rotatable bonds is 7. The Morgan fingerprint density at radius 3 is 2.34 bits per heavy atom. The zero-order chi connectivity index (χ0) is 34.6. The van der Waals surface area contributed by atoms with Gasteiger partial charge < -0.3 is 36.3 Å². The van der Waals surface area contributed by atoms with Gasteiger partial charge in [0, 0.05) is 28.6 Å². The summed E-state index contributed by atoms with van der Waals surface area (Å²) in [6, 6.07) is 2.93. The fraction of sp³-hybridized carbons (Fsp3) is 0.531. The molecule has 3 heterocycles. The van der Waals surface area contributed by atoms with Crippen LogP contribution in [0.3, 0.4) is 0 Å². The van der Waals surface area contributed by atoms with Gasteiger partial charge in [0.2, 0.25) is 29.5 Å². The van der Waals surface area contributed by atoms with Crippen molar-refractivity contribution < 1.29 is 33.9 Å². The van der Waals surface area contributed by atoms with Gasteiger partial charge in [0.25, 0.3) is 0 Å². The summed E-state index contributed by atoms with van der Waals surface area (Å²) in [5.41, 5.74) is 1.24. The van der Waals surface area contributed by atoms with Crippen LogP contribution in [0, 0.1) is 17.2 Å². The van der Waals surface area contributed by atoms with Gasteiger partial charge in [-0.2, -0.15) is 17.0 Å². The number of nitrogens with zero attached hydrogens (tertiary/aromatic N) is 2. The summed E-state index contributed by atoms with van der Waals surface area (Å²) >= 11 is 1.33. The monoisotopic (exact) mass is 667 g/mol. The number of amides is 5. The highest BCUT2D eigenvalue weighted by Gasteiger charge is 2.44. The third-order valence-corrected chi connectivity index (χ3v) is 10.1. The van der Waals surface area contributed by atoms with Crippen molar-refractivity contribution in [3.05, 3.63) is 35.5 Å². The second kappa shape index (κ2) is 14.5. The van der Waals surface area contributed by atoms with E-state index in [0.29, 0.717) is 22.9 Å². The number of carbonyl (C=O) groups is 6. The van der Waals surface area contributed by atoms with Crippen LogP contribution in [0.25, 0.3) is 10.9 Å². The van der Waals surface area contributed by atoms with Crippen LogP contribution in [0.2, 0.25) is 0 Å². The van der Waals surface area contributed by atoms with Crippen LogP contribution >= 0.6 is 11.8 Å². The molecule has 0 spiro atoms. The first-order chi connectivity index (χ1) is 22.2. The summed E-state index contributed by atoms with van der Waals surface area (Å²) in [5.74, 6) is -5.38. The maximum Gasteiger partial charge on any atom is 0.305 e. The lowest BCUT2D eigenvalue weighted by molar-refractivity contribution is -0.146. The van der Waals surface area contributed by atoms with Crippen molar-refractivity contribution in [2.45, 2.75) is 88.3 Å². The Labute approximate surface area is 276 Å². The Morgan fingerprint density at radius 1 is 1.02 bits per heavy atom. The number of hydrogen-bond donors (Lipinski definition) is 6. The number of hydrogen-bond acceptors (Lipinski definition) is 8. The van der Waals surface area contributed by atoms with Crippen LogP contribution in [0.15, 0.2) is 24.3 Å². The van der Waals surface area contributed by atoms with Gasteiger partial charge in [-0.05, 0) is 50.5 Å². The average Bonchev–Trinajstić information content (AvgIpc) is 3.65. The number of carboxylic acids is 1. The number of carboxylic acid groups (broad SMARTS) is 1. The van der Waals surface area contributed by atoms with Gasteiger partial charge in [-0.3, -0.25) is 28.8 Å². The van der Waals surface area contributed by atoms with Gasteiger partial charge in [0.05, 0.1) is 6.42 Å². The van der Waals surface area contributed by atoms with Crippen molar-refractivity contribution in [3.8, 4) is 6.07 Å². The van der Waals surface area contributed by atoms with Gasteiger partial charge in [0.1, 0.15) is 42.0 Å². The molecular formula is C32H41N7O7S. The van der Waals surface area contributed by atoms with Crippen molar-refractivity contribution in [2.24, 2.45) is 5.92 Å². The van der Waals surface area contributed by atoms with Crippen molar-refractivity contribution in [1.29, 1.82) is 5.26 Å². The van der Waals surface area contributed by atoms with E-state index >= 15 is 0 Å². The van der Waals surface area contributed by atoms with Crippen LogP contribution < -0.4 is 21.3 Å². The van der Waals surface area contributed by atoms with E-state index in [1.165, 1.54) is 16.7 Å². The van der Waals surface area contributed by atoms with Gasteiger partial charge in [-0.15, -0.1) is 0 Å². The number of fused-ring (bicyclic) bond motifs is 2. The first-order valence-electron chi connectivity index (χ1n) is 15.5.